The fraction of sp³-hybridized carbons (Fsp3) is 0.647. The third-order valence-electron chi connectivity index (χ3n) is 3.41. The molecule has 0 aromatic heterocycles. The summed E-state index contributed by atoms with van der Waals surface area (Å²) in [6.45, 7) is 5.19. The smallest absolute Gasteiger partial charge is 0.120 e. The molecule has 1 nitrogen and oxygen atoms in total. The molecule has 0 spiro atoms. The predicted molar refractivity (Wildman–Crippen MR) is 87.0 cm³/mol. The molecule has 1 rings (SSSR count). The molecular weight excluding hydrogens is 300 g/mol. The van der Waals surface area contributed by atoms with Crippen molar-refractivity contribution in [1.82, 2.24) is 0 Å². The first-order valence-corrected chi connectivity index (χ1v) is 8.42. The molecule has 0 aliphatic rings. The summed E-state index contributed by atoms with van der Waals surface area (Å²) < 4.78 is 6.88. The van der Waals surface area contributed by atoms with Gasteiger partial charge in [0.25, 0.3) is 0 Å². The lowest BCUT2D eigenvalue weighted by molar-refractivity contribution is 0.304. The van der Waals surface area contributed by atoms with Gasteiger partial charge < -0.3 is 4.74 Å². The summed E-state index contributed by atoms with van der Waals surface area (Å²) in [4.78, 5) is 0. The summed E-state index contributed by atoms with van der Waals surface area (Å²) in [6, 6.07) is 6.19. The summed E-state index contributed by atoms with van der Waals surface area (Å²) in [5, 5.41) is 0. The molecule has 0 heterocycles. The van der Waals surface area contributed by atoms with Crippen LogP contribution >= 0.6 is 15.9 Å². The minimum Gasteiger partial charge on any atom is -0.494 e. The van der Waals surface area contributed by atoms with Gasteiger partial charge in [0.2, 0.25) is 0 Å². The molecule has 0 amide bonds. The van der Waals surface area contributed by atoms with Crippen LogP contribution in [0.25, 0.3) is 0 Å². The standard InChI is InChI=1S/C17H27BrO/c1-3-4-5-6-7-8-9-10-13-19-16-12-11-15(2)17(18)14-16/h11-12,14H,3-10,13H2,1-2H3. The highest BCUT2D eigenvalue weighted by Gasteiger charge is 1.98. The first-order valence-electron chi connectivity index (χ1n) is 7.63. The lowest BCUT2D eigenvalue weighted by atomic mass is 10.1. The van der Waals surface area contributed by atoms with Crippen LogP contribution in [-0.2, 0) is 0 Å². The van der Waals surface area contributed by atoms with E-state index < -0.39 is 0 Å². The summed E-state index contributed by atoms with van der Waals surface area (Å²) in [6.07, 6.45) is 10.7. The van der Waals surface area contributed by atoms with Crippen LogP contribution in [0.2, 0.25) is 0 Å². The van der Waals surface area contributed by atoms with Crippen molar-refractivity contribution in [3.8, 4) is 5.75 Å². The molecule has 0 N–H and O–H groups in total. The third kappa shape index (κ3) is 7.61. The summed E-state index contributed by atoms with van der Waals surface area (Å²) in [7, 11) is 0. The Morgan fingerprint density at radius 2 is 1.58 bits per heavy atom. The van der Waals surface area contributed by atoms with Crippen molar-refractivity contribution >= 4 is 15.9 Å². The Labute approximate surface area is 126 Å². The Hall–Kier alpha value is -0.500. The SMILES string of the molecule is CCCCCCCCCCOc1ccc(C)c(Br)c1. The second-order valence-electron chi connectivity index (χ2n) is 5.23. The molecule has 0 atom stereocenters. The van der Waals surface area contributed by atoms with Gasteiger partial charge in [0, 0.05) is 4.47 Å². The van der Waals surface area contributed by atoms with Gasteiger partial charge in [-0.3, -0.25) is 0 Å². The van der Waals surface area contributed by atoms with Crippen molar-refractivity contribution in [2.75, 3.05) is 6.61 Å². The predicted octanol–water partition coefficient (Wildman–Crippen LogP) is 6.28. The number of hydrogen-bond donors (Lipinski definition) is 0. The van der Waals surface area contributed by atoms with E-state index in [1.54, 1.807) is 0 Å². The average molecular weight is 327 g/mol. The summed E-state index contributed by atoms with van der Waals surface area (Å²) >= 11 is 3.53. The molecular formula is C17H27BrO. The zero-order valence-electron chi connectivity index (χ0n) is 12.4. The second kappa shape index (κ2) is 10.3. The largest absolute Gasteiger partial charge is 0.494 e. The van der Waals surface area contributed by atoms with Crippen molar-refractivity contribution in [2.24, 2.45) is 0 Å². The number of aryl methyl sites for hydroxylation is 1. The second-order valence-corrected chi connectivity index (χ2v) is 6.09. The summed E-state index contributed by atoms with van der Waals surface area (Å²) in [5.74, 6) is 0.973. The van der Waals surface area contributed by atoms with Gasteiger partial charge >= 0.3 is 0 Å². The van der Waals surface area contributed by atoms with Crippen LogP contribution < -0.4 is 4.74 Å². The quantitative estimate of drug-likeness (QED) is 0.460. The van der Waals surface area contributed by atoms with E-state index in [1.807, 2.05) is 6.07 Å². The summed E-state index contributed by atoms with van der Waals surface area (Å²) in [5.41, 5.74) is 1.25. The Bertz CT molecular complexity index is 349. The molecule has 1 aromatic carbocycles. The average Bonchev–Trinajstić information content (AvgIpc) is 2.41. The van der Waals surface area contributed by atoms with Crippen molar-refractivity contribution in [3.05, 3.63) is 28.2 Å². The maximum atomic E-state index is 5.76. The van der Waals surface area contributed by atoms with Crippen LogP contribution in [-0.4, -0.2) is 6.61 Å². The number of ether oxygens (including phenoxy) is 1. The van der Waals surface area contributed by atoms with E-state index in [0.29, 0.717) is 0 Å². The van der Waals surface area contributed by atoms with Crippen LogP contribution in [0, 0.1) is 6.92 Å². The highest BCUT2D eigenvalue weighted by molar-refractivity contribution is 9.10. The van der Waals surface area contributed by atoms with Crippen molar-refractivity contribution in [2.45, 2.75) is 65.2 Å². The maximum Gasteiger partial charge on any atom is 0.120 e. The number of hydrogen-bond acceptors (Lipinski definition) is 1. The zero-order chi connectivity index (χ0) is 13.9. The van der Waals surface area contributed by atoms with Gasteiger partial charge in [0.05, 0.1) is 6.61 Å². The van der Waals surface area contributed by atoms with Crippen molar-refractivity contribution in [1.29, 1.82) is 0 Å². The van der Waals surface area contributed by atoms with Gasteiger partial charge in [0.15, 0.2) is 0 Å². The van der Waals surface area contributed by atoms with E-state index in [9.17, 15) is 0 Å². The minimum absolute atomic E-state index is 0.838. The van der Waals surface area contributed by atoms with Crippen LogP contribution in [0.3, 0.4) is 0 Å². The minimum atomic E-state index is 0.838. The van der Waals surface area contributed by atoms with Gasteiger partial charge in [-0.15, -0.1) is 0 Å². The topological polar surface area (TPSA) is 9.23 Å². The van der Waals surface area contributed by atoms with Crippen molar-refractivity contribution in [3.63, 3.8) is 0 Å². The molecule has 108 valence electrons. The molecule has 0 radical (unpaired) electrons. The number of rotatable bonds is 10. The molecule has 1 aromatic rings. The van der Waals surface area contributed by atoms with Gasteiger partial charge in [-0.1, -0.05) is 73.9 Å². The maximum absolute atomic E-state index is 5.76. The molecule has 0 saturated heterocycles. The monoisotopic (exact) mass is 326 g/mol. The first-order chi connectivity index (χ1) is 9.24. The van der Waals surface area contributed by atoms with E-state index in [2.05, 4.69) is 41.9 Å². The van der Waals surface area contributed by atoms with Crippen molar-refractivity contribution < 1.29 is 4.74 Å². The molecule has 0 unspecified atom stereocenters. The van der Waals surface area contributed by atoms with Crippen LogP contribution in [0.4, 0.5) is 0 Å². The van der Waals surface area contributed by atoms with Gasteiger partial charge in [-0.25, -0.2) is 0 Å². The fourth-order valence-electron chi connectivity index (χ4n) is 2.09. The first kappa shape index (κ1) is 16.6. The van der Waals surface area contributed by atoms with E-state index in [4.69, 9.17) is 4.74 Å². The van der Waals surface area contributed by atoms with E-state index in [0.717, 1.165) is 16.8 Å². The highest BCUT2D eigenvalue weighted by atomic mass is 79.9. The van der Waals surface area contributed by atoms with Crippen LogP contribution in [0.15, 0.2) is 22.7 Å². The van der Waals surface area contributed by atoms with Crippen LogP contribution in [0.1, 0.15) is 63.9 Å². The molecule has 0 aliphatic heterocycles. The number of halogens is 1. The fourth-order valence-corrected chi connectivity index (χ4v) is 2.45. The molecule has 0 aliphatic carbocycles. The van der Waals surface area contributed by atoms with E-state index in [1.165, 1.54) is 56.9 Å². The molecule has 0 fully saturated rings. The molecule has 0 saturated carbocycles. The van der Waals surface area contributed by atoms with Gasteiger partial charge in [0.1, 0.15) is 5.75 Å². The van der Waals surface area contributed by atoms with E-state index >= 15 is 0 Å². The lowest BCUT2D eigenvalue weighted by Crippen LogP contribution is -1.97. The Kier molecular flexibility index (Phi) is 8.98. The normalized spacial score (nSPS) is 10.7. The Balaban J connectivity index is 2.00. The third-order valence-corrected chi connectivity index (χ3v) is 4.26. The molecule has 0 bridgehead atoms. The number of unbranched alkanes of at least 4 members (excludes halogenated alkanes) is 7. The van der Waals surface area contributed by atoms with Gasteiger partial charge in [-0.05, 0) is 31.0 Å². The Morgan fingerprint density at radius 1 is 0.947 bits per heavy atom. The van der Waals surface area contributed by atoms with E-state index in [-0.39, 0.29) is 0 Å². The zero-order valence-corrected chi connectivity index (χ0v) is 14.0. The lowest BCUT2D eigenvalue weighted by Gasteiger charge is -2.07. The highest BCUT2D eigenvalue weighted by Crippen LogP contribution is 2.22. The van der Waals surface area contributed by atoms with Gasteiger partial charge in [-0.2, -0.15) is 0 Å². The number of benzene rings is 1. The molecule has 19 heavy (non-hydrogen) atoms. The van der Waals surface area contributed by atoms with Crippen LogP contribution in [0.5, 0.6) is 5.75 Å². The molecule has 2 heteroatoms. The Morgan fingerprint density at radius 3 is 2.21 bits per heavy atom.